The molecule has 0 aromatic heterocycles. The smallest absolute Gasteiger partial charge is 0.214 e. The molecular formula is C12H17NO+. The molecule has 1 aromatic rings. The predicted molar refractivity (Wildman–Crippen MR) is 59.6 cm³/mol. The zero-order chi connectivity index (χ0) is 10.8. The summed E-state index contributed by atoms with van der Waals surface area (Å²) in [7, 11) is 1.88. The van der Waals surface area contributed by atoms with Gasteiger partial charge in [-0.3, -0.25) is 0 Å². The highest BCUT2D eigenvalue weighted by Gasteiger charge is 2.39. The average Bonchev–Trinajstić information content (AvgIpc) is 2.16. The van der Waals surface area contributed by atoms with E-state index in [0.29, 0.717) is 0 Å². The largest absolute Gasteiger partial charge is 0.448 e. The second kappa shape index (κ2) is 3.54. The van der Waals surface area contributed by atoms with Crippen molar-refractivity contribution in [1.82, 2.24) is 4.48 Å². The van der Waals surface area contributed by atoms with Crippen LogP contribution in [0, 0.1) is 0 Å². The Hall–Kier alpha value is -1.15. The number of para-hydroxylation sites is 1. The third-order valence-corrected chi connectivity index (χ3v) is 2.80. The number of amides is 1. The van der Waals surface area contributed by atoms with Crippen LogP contribution in [0.25, 0.3) is 0 Å². The Labute approximate surface area is 85.8 Å². The molecule has 0 heterocycles. The Bertz CT molecular complexity index is 313. The summed E-state index contributed by atoms with van der Waals surface area (Å²) in [4.78, 5) is 11.1. The van der Waals surface area contributed by atoms with Crippen molar-refractivity contribution < 1.29 is 4.79 Å². The lowest BCUT2D eigenvalue weighted by molar-refractivity contribution is 0.266. The highest BCUT2D eigenvalue weighted by molar-refractivity contribution is 5.70. The maximum atomic E-state index is 11.1. The number of nitrogens with zero attached hydrogens (tertiary/aromatic N) is 1. The molecule has 1 amide bonds. The van der Waals surface area contributed by atoms with E-state index >= 15 is 0 Å². The predicted octanol–water partition coefficient (Wildman–Crippen LogP) is 2.49. The summed E-state index contributed by atoms with van der Waals surface area (Å²) < 4.78 is 0.174. The number of rotatable bonds is 2. The van der Waals surface area contributed by atoms with Gasteiger partial charge in [0.05, 0.1) is 7.05 Å². The van der Waals surface area contributed by atoms with Crippen molar-refractivity contribution in [3.63, 3.8) is 0 Å². The highest BCUT2D eigenvalue weighted by Crippen LogP contribution is 2.28. The Morgan fingerprint density at radius 1 is 1.14 bits per heavy atom. The Kier molecular flexibility index (Phi) is 2.76. The molecule has 0 spiro atoms. The van der Waals surface area contributed by atoms with E-state index in [4.69, 9.17) is 0 Å². The van der Waals surface area contributed by atoms with E-state index in [1.165, 1.54) is 0 Å². The van der Waals surface area contributed by atoms with Gasteiger partial charge in [-0.15, -0.1) is 0 Å². The van der Waals surface area contributed by atoms with Crippen LogP contribution in [0.4, 0.5) is 5.69 Å². The summed E-state index contributed by atoms with van der Waals surface area (Å²) in [6, 6.07) is 9.73. The fourth-order valence-corrected chi connectivity index (χ4v) is 1.30. The van der Waals surface area contributed by atoms with E-state index in [0.717, 1.165) is 5.69 Å². The lowest BCUT2D eigenvalue weighted by Gasteiger charge is -2.37. The van der Waals surface area contributed by atoms with Crippen LogP contribution in [0.5, 0.6) is 0 Å². The first-order chi connectivity index (χ1) is 6.42. The molecule has 0 aliphatic rings. The first-order valence-electron chi connectivity index (χ1n) is 4.73. The van der Waals surface area contributed by atoms with Gasteiger partial charge in [0.15, 0.2) is 0 Å². The molecule has 14 heavy (non-hydrogen) atoms. The molecule has 0 saturated heterocycles. The molecular weight excluding hydrogens is 174 g/mol. The summed E-state index contributed by atoms with van der Waals surface area (Å²) >= 11 is 0. The quantitative estimate of drug-likeness (QED) is 0.656. The van der Waals surface area contributed by atoms with Crippen molar-refractivity contribution in [2.45, 2.75) is 26.3 Å². The van der Waals surface area contributed by atoms with Gasteiger partial charge in [0.2, 0.25) is 0 Å². The topological polar surface area (TPSA) is 17.1 Å². The van der Waals surface area contributed by atoms with Crippen LogP contribution in [0.15, 0.2) is 30.3 Å². The first kappa shape index (κ1) is 10.9. The number of quaternary nitrogens is 1. The highest BCUT2D eigenvalue weighted by atomic mass is 16.1. The maximum Gasteiger partial charge on any atom is 0.448 e. The minimum Gasteiger partial charge on any atom is -0.214 e. The zero-order valence-electron chi connectivity index (χ0n) is 9.24. The summed E-state index contributed by atoms with van der Waals surface area (Å²) in [5.74, 6) is 0. The second-order valence-corrected chi connectivity index (χ2v) is 4.60. The lowest BCUT2D eigenvalue weighted by atomic mass is 10.0. The fraction of sp³-hybridized carbons (Fsp3) is 0.417. The molecule has 0 fully saturated rings. The van der Waals surface area contributed by atoms with Crippen molar-refractivity contribution >= 4 is 12.1 Å². The van der Waals surface area contributed by atoms with Gasteiger partial charge in [-0.2, -0.15) is 0 Å². The van der Waals surface area contributed by atoms with E-state index in [9.17, 15) is 4.79 Å². The van der Waals surface area contributed by atoms with Crippen LogP contribution in [0.1, 0.15) is 20.8 Å². The number of hydrogen-bond acceptors (Lipinski definition) is 1. The molecule has 0 aliphatic heterocycles. The molecule has 0 aliphatic carbocycles. The van der Waals surface area contributed by atoms with E-state index in [1.807, 2.05) is 58.2 Å². The average molecular weight is 191 g/mol. The van der Waals surface area contributed by atoms with Crippen LogP contribution < -0.4 is 4.48 Å². The summed E-state index contributed by atoms with van der Waals surface area (Å²) in [5, 5.41) is 0. The molecule has 0 saturated carbocycles. The number of hydrogen-bond donors (Lipinski definition) is 0. The van der Waals surface area contributed by atoms with E-state index in [1.54, 1.807) is 0 Å². The Balaban J connectivity index is 3.22. The monoisotopic (exact) mass is 191 g/mol. The SMILES string of the molecule is CC(C)(C)[N+](C)([C]=O)c1ccccc1. The normalized spacial score (nSPS) is 16.0. The van der Waals surface area contributed by atoms with E-state index in [-0.39, 0.29) is 10.0 Å². The molecule has 1 rings (SSSR count). The second-order valence-electron chi connectivity index (χ2n) is 4.60. The van der Waals surface area contributed by atoms with Gasteiger partial charge >= 0.3 is 6.41 Å². The Morgan fingerprint density at radius 3 is 2.00 bits per heavy atom. The van der Waals surface area contributed by atoms with Crippen molar-refractivity contribution in [1.29, 1.82) is 0 Å². The molecule has 1 aromatic carbocycles. The lowest BCUT2D eigenvalue weighted by Crippen LogP contribution is -2.57. The van der Waals surface area contributed by atoms with E-state index < -0.39 is 0 Å². The number of carbonyl (C=O) groups excluding carboxylic acids is 1. The fourth-order valence-electron chi connectivity index (χ4n) is 1.30. The van der Waals surface area contributed by atoms with Gasteiger partial charge in [0.1, 0.15) is 11.2 Å². The van der Waals surface area contributed by atoms with Crippen LogP contribution >= 0.6 is 0 Å². The number of benzene rings is 1. The molecule has 1 atom stereocenters. The van der Waals surface area contributed by atoms with Crippen LogP contribution in [-0.4, -0.2) is 19.0 Å². The molecule has 2 nitrogen and oxygen atoms in total. The zero-order valence-corrected chi connectivity index (χ0v) is 9.24. The van der Waals surface area contributed by atoms with Crippen molar-refractivity contribution in [2.75, 3.05) is 7.05 Å². The van der Waals surface area contributed by atoms with Crippen LogP contribution in [0.3, 0.4) is 0 Å². The molecule has 1 unspecified atom stereocenters. The molecule has 2 heteroatoms. The third kappa shape index (κ3) is 1.70. The molecule has 75 valence electrons. The molecule has 1 radical (unpaired) electrons. The first-order valence-corrected chi connectivity index (χ1v) is 4.73. The van der Waals surface area contributed by atoms with Crippen molar-refractivity contribution in [3.05, 3.63) is 30.3 Å². The van der Waals surface area contributed by atoms with E-state index in [2.05, 4.69) is 6.41 Å². The standard InChI is InChI=1S/C12H17NO/c1-12(2,3)13(4,10-14)11-8-6-5-7-9-11/h5-9H,1-4H3/q+1. The van der Waals surface area contributed by atoms with Gasteiger partial charge in [0, 0.05) is 0 Å². The van der Waals surface area contributed by atoms with Crippen LogP contribution in [-0.2, 0) is 4.79 Å². The summed E-state index contributed by atoms with van der Waals surface area (Å²) in [5.41, 5.74) is 0.790. The van der Waals surface area contributed by atoms with Gasteiger partial charge in [-0.25, -0.2) is 9.28 Å². The van der Waals surface area contributed by atoms with Gasteiger partial charge in [-0.05, 0) is 32.9 Å². The van der Waals surface area contributed by atoms with Crippen molar-refractivity contribution in [3.8, 4) is 0 Å². The van der Waals surface area contributed by atoms with Gasteiger partial charge in [0.25, 0.3) is 0 Å². The summed E-state index contributed by atoms with van der Waals surface area (Å²) in [6.45, 7) is 6.10. The van der Waals surface area contributed by atoms with Gasteiger partial charge < -0.3 is 0 Å². The minimum absolute atomic E-state index is 0.174. The third-order valence-electron chi connectivity index (χ3n) is 2.80. The maximum absolute atomic E-state index is 11.1. The Morgan fingerprint density at radius 2 is 1.64 bits per heavy atom. The van der Waals surface area contributed by atoms with Crippen molar-refractivity contribution in [2.24, 2.45) is 0 Å². The summed E-state index contributed by atoms with van der Waals surface area (Å²) in [6.07, 6.45) is 2.12. The van der Waals surface area contributed by atoms with Crippen LogP contribution in [0.2, 0.25) is 0 Å². The molecule has 0 N–H and O–H groups in total. The minimum atomic E-state index is -0.177. The molecule has 0 bridgehead atoms. The van der Waals surface area contributed by atoms with Gasteiger partial charge in [-0.1, -0.05) is 18.2 Å².